The Hall–Kier alpha value is -0.870. The Morgan fingerprint density at radius 3 is 2.59 bits per heavy atom. The standard InChI is InChI=1S/C13H25N3O/c1-10(2)8-16(11(3)4)9-13-6-12(7-14-5)15-17-13/h6,10-11,14H,7-9H2,1-5H3. The molecule has 0 unspecified atom stereocenters. The van der Waals surface area contributed by atoms with Crippen molar-refractivity contribution in [2.45, 2.75) is 46.8 Å². The number of hydrogen-bond donors (Lipinski definition) is 1. The topological polar surface area (TPSA) is 41.3 Å². The van der Waals surface area contributed by atoms with E-state index in [1.54, 1.807) is 0 Å². The van der Waals surface area contributed by atoms with Crippen molar-refractivity contribution >= 4 is 0 Å². The number of nitrogens with one attached hydrogen (secondary N) is 1. The predicted molar refractivity (Wildman–Crippen MR) is 69.7 cm³/mol. The van der Waals surface area contributed by atoms with Crippen LogP contribution in [0, 0.1) is 5.92 Å². The van der Waals surface area contributed by atoms with Gasteiger partial charge in [-0.15, -0.1) is 0 Å². The lowest BCUT2D eigenvalue weighted by atomic mass is 10.1. The fourth-order valence-corrected chi connectivity index (χ4v) is 1.82. The van der Waals surface area contributed by atoms with Crippen molar-refractivity contribution in [1.82, 2.24) is 15.4 Å². The monoisotopic (exact) mass is 239 g/mol. The van der Waals surface area contributed by atoms with Crippen LogP contribution < -0.4 is 5.32 Å². The number of hydrogen-bond acceptors (Lipinski definition) is 4. The molecule has 0 spiro atoms. The maximum absolute atomic E-state index is 5.35. The first-order valence-electron chi connectivity index (χ1n) is 6.36. The summed E-state index contributed by atoms with van der Waals surface area (Å²) in [5.74, 6) is 1.61. The second kappa shape index (κ2) is 6.77. The van der Waals surface area contributed by atoms with E-state index in [1.807, 2.05) is 13.1 Å². The molecule has 0 saturated carbocycles. The first-order chi connectivity index (χ1) is 8.02. The van der Waals surface area contributed by atoms with Gasteiger partial charge >= 0.3 is 0 Å². The van der Waals surface area contributed by atoms with Crippen LogP contribution in [0.4, 0.5) is 0 Å². The van der Waals surface area contributed by atoms with Crippen molar-refractivity contribution in [3.05, 3.63) is 17.5 Å². The van der Waals surface area contributed by atoms with E-state index < -0.39 is 0 Å². The highest BCUT2D eigenvalue weighted by molar-refractivity contribution is 5.05. The van der Waals surface area contributed by atoms with Gasteiger partial charge in [0, 0.05) is 25.2 Å². The highest BCUT2D eigenvalue weighted by Crippen LogP contribution is 2.12. The van der Waals surface area contributed by atoms with E-state index in [0.717, 1.165) is 31.1 Å². The molecule has 0 aliphatic carbocycles. The molecule has 1 rings (SSSR count). The summed E-state index contributed by atoms with van der Waals surface area (Å²) in [6.45, 7) is 11.6. The van der Waals surface area contributed by atoms with Crippen molar-refractivity contribution in [3.63, 3.8) is 0 Å². The van der Waals surface area contributed by atoms with Gasteiger partial charge < -0.3 is 9.84 Å². The van der Waals surface area contributed by atoms with E-state index in [4.69, 9.17) is 4.52 Å². The van der Waals surface area contributed by atoms with Crippen LogP contribution in [-0.4, -0.2) is 29.7 Å². The first kappa shape index (κ1) is 14.2. The normalized spacial score (nSPS) is 12.0. The minimum absolute atomic E-state index is 0.523. The van der Waals surface area contributed by atoms with Crippen molar-refractivity contribution in [2.75, 3.05) is 13.6 Å². The second-order valence-corrected chi connectivity index (χ2v) is 5.23. The van der Waals surface area contributed by atoms with Crippen LogP contribution >= 0.6 is 0 Å². The molecular formula is C13H25N3O. The van der Waals surface area contributed by atoms with Crippen LogP contribution in [-0.2, 0) is 13.1 Å². The van der Waals surface area contributed by atoms with E-state index >= 15 is 0 Å². The molecule has 0 fully saturated rings. The Bertz CT molecular complexity index is 320. The third-order valence-electron chi connectivity index (χ3n) is 2.65. The van der Waals surface area contributed by atoms with Crippen molar-refractivity contribution < 1.29 is 4.52 Å². The molecule has 17 heavy (non-hydrogen) atoms. The molecule has 0 aromatic carbocycles. The van der Waals surface area contributed by atoms with Gasteiger partial charge in [-0.3, -0.25) is 4.90 Å². The van der Waals surface area contributed by atoms with E-state index in [-0.39, 0.29) is 0 Å². The molecule has 4 nitrogen and oxygen atoms in total. The van der Waals surface area contributed by atoms with Gasteiger partial charge in [-0.1, -0.05) is 19.0 Å². The minimum Gasteiger partial charge on any atom is -0.360 e. The third-order valence-corrected chi connectivity index (χ3v) is 2.65. The van der Waals surface area contributed by atoms with Crippen molar-refractivity contribution in [2.24, 2.45) is 5.92 Å². The largest absolute Gasteiger partial charge is 0.360 e. The van der Waals surface area contributed by atoms with E-state index in [9.17, 15) is 0 Å². The summed E-state index contributed by atoms with van der Waals surface area (Å²) in [7, 11) is 1.91. The molecule has 0 amide bonds. The lowest BCUT2D eigenvalue weighted by Crippen LogP contribution is -2.33. The zero-order valence-corrected chi connectivity index (χ0v) is 11.7. The summed E-state index contributed by atoms with van der Waals surface area (Å²) in [5, 5.41) is 7.10. The van der Waals surface area contributed by atoms with Gasteiger partial charge in [-0.05, 0) is 26.8 Å². The second-order valence-electron chi connectivity index (χ2n) is 5.23. The van der Waals surface area contributed by atoms with Gasteiger partial charge in [0.25, 0.3) is 0 Å². The summed E-state index contributed by atoms with van der Waals surface area (Å²) in [6, 6.07) is 2.56. The molecule has 0 aliphatic heterocycles. The lowest BCUT2D eigenvalue weighted by molar-refractivity contribution is 0.169. The average molecular weight is 239 g/mol. The molecule has 1 heterocycles. The predicted octanol–water partition coefficient (Wildman–Crippen LogP) is 2.26. The molecular weight excluding hydrogens is 214 g/mol. The Kier molecular flexibility index (Phi) is 5.65. The van der Waals surface area contributed by atoms with Crippen LogP contribution in [0.1, 0.15) is 39.1 Å². The van der Waals surface area contributed by atoms with Crippen molar-refractivity contribution in [3.8, 4) is 0 Å². The molecule has 0 bridgehead atoms. The van der Waals surface area contributed by atoms with Gasteiger partial charge in [-0.2, -0.15) is 0 Å². The van der Waals surface area contributed by atoms with Crippen LogP contribution in [0.3, 0.4) is 0 Å². The fourth-order valence-electron chi connectivity index (χ4n) is 1.82. The van der Waals surface area contributed by atoms with Crippen molar-refractivity contribution in [1.29, 1.82) is 0 Å². The summed E-state index contributed by atoms with van der Waals surface area (Å²) >= 11 is 0. The zero-order valence-electron chi connectivity index (χ0n) is 11.7. The summed E-state index contributed by atoms with van der Waals surface area (Å²) in [4.78, 5) is 2.41. The molecule has 0 saturated heterocycles. The highest BCUT2D eigenvalue weighted by atomic mass is 16.5. The van der Waals surface area contributed by atoms with Crippen LogP contribution in [0.15, 0.2) is 10.6 Å². The third kappa shape index (κ3) is 4.88. The first-order valence-corrected chi connectivity index (χ1v) is 6.36. The maximum Gasteiger partial charge on any atom is 0.151 e. The molecule has 0 radical (unpaired) electrons. The Labute approximate surface area is 104 Å². The smallest absolute Gasteiger partial charge is 0.151 e. The molecule has 0 aliphatic rings. The summed E-state index contributed by atoms with van der Waals surface area (Å²) in [5.41, 5.74) is 0.968. The molecule has 98 valence electrons. The van der Waals surface area contributed by atoms with Gasteiger partial charge in [0.15, 0.2) is 5.76 Å². The van der Waals surface area contributed by atoms with E-state index in [2.05, 4.69) is 43.1 Å². The SMILES string of the molecule is CNCc1cc(CN(CC(C)C)C(C)C)on1. The molecule has 1 N–H and O–H groups in total. The van der Waals surface area contributed by atoms with Gasteiger partial charge in [0.2, 0.25) is 0 Å². The Morgan fingerprint density at radius 1 is 1.35 bits per heavy atom. The summed E-state index contributed by atoms with van der Waals surface area (Å²) < 4.78 is 5.35. The van der Waals surface area contributed by atoms with E-state index in [0.29, 0.717) is 12.0 Å². The lowest BCUT2D eigenvalue weighted by Gasteiger charge is -2.26. The molecule has 1 aromatic heterocycles. The van der Waals surface area contributed by atoms with E-state index in [1.165, 1.54) is 0 Å². The Morgan fingerprint density at radius 2 is 2.06 bits per heavy atom. The number of nitrogens with zero attached hydrogens (tertiary/aromatic N) is 2. The van der Waals surface area contributed by atoms with Gasteiger partial charge in [-0.25, -0.2) is 0 Å². The van der Waals surface area contributed by atoms with Crippen LogP contribution in [0.5, 0.6) is 0 Å². The minimum atomic E-state index is 0.523. The van der Waals surface area contributed by atoms with Gasteiger partial charge in [0.05, 0.1) is 12.2 Å². The number of rotatable bonds is 7. The highest BCUT2D eigenvalue weighted by Gasteiger charge is 2.14. The fraction of sp³-hybridized carbons (Fsp3) is 0.769. The maximum atomic E-state index is 5.35. The quantitative estimate of drug-likeness (QED) is 0.792. The number of aromatic nitrogens is 1. The molecule has 1 aromatic rings. The molecule has 0 atom stereocenters. The van der Waals surface area contributed by atoms with Crippen LogP contribution in [0.25, 0.3) is 0 Å². The summed E-state index contributed by atoms with van der Waals surface area (Å²) in [6.07, 6.45) is 0. The molecule has 4 heteroatoms. The van der Waals surface area contributed by atoms with Crippen LogP contribution in [0.2, 0.25) is 0 Å². The van der Waals surface area contributed by atoms with Gasteiger partial charge in [0.1, 0.15) is 0 Å². The zero-order chi connectivity index (χ0) is 12.8. The average Bonchev–Trinajstić information content (AvgIpc) is 2.64. The Balaban J connectivity index is 2.58.